The third kappa shape index (κ3) is 5.00. The summed E-state index contributed by atoms with van der Waals surface area (Å²) in [4.78, 5) is 9.09. The summed E-state index contributed by atoms with van der Waals surface area (Å²) in [7, 11) is 0. The summed E-state index contributed by atoms with van der Waals surface area (Å²) < 4.78 is 0. The van der Waals surface area contributed by atoms with E-state index < -0.39 is 0 Å². The van der Waals surface area contributed by atoms with E-state index in [9.17, 15) is 0 Å². The molecule has 3 heteroatoms. The zero-order chi connectivity index (χ0) is 14.9. The fourth-order valence-electron chi connectivity index (χ4n) is 2.66. The van der Waals surface area contributed by atoms with Gasteiger partial charge in [-0.2, -0.15) is 0 Å². The van der Waals surface area contributed by atoms with Crippen molar-refractivity contribution in [2.45, 2.75) is 64.7 Å². The average Bonchev–Trinajstić information content (AvgIpc) is 2.50. The maximum Gasteiger partial charge on any atom is 0.145 e. The Morgan fingerprint density at radius 3 is 2.05 bits per heavy atom. The van der Waals surface area contributed by atoms with Gasteiger partial charge in [0.15, 0.2) is 0 Å². The number of unbranched alkanes of at least 4 members (excludes halogenated alkanes) is 7. The van der Waals surface area contributed by atoms with Crippen LogP contribution in [0.15, 0.2) is 24.3 Å². The molecule has 0 atom stereocenters. The summed E-state index contributed by atoms with van der Waals surface area (Å²) in [5.41, 5.74) is 8.80. The number of nitrogen functional groups attached to an aromatic ring is 1. The van der Waals surface area contributed by atoms with Gasteiger partial charge in [0, 0.05) is 0 Å². The van der Waals surface area contributed by atoms with Gasteiger partial charge in [-0.15, -0.1) is 0 Å². The number of aryl methyl sites for hydroxylation is 1. The van der Waals surface area contributed by atoms with Gasteiger partial charge < -0.3 is 5.73 Å². The van der Waals surface area contributed by atoms with Crippen LogP contribution in [0.5, 0.6) is 0 Å². The van der Waals surface area contributed by atoms with Crippen molar-refractivity contribution in [2.24, 2.45) is 0 Å². The Morgan fingerprint density at radius 1 is 0.810 bits per heavy atom. The van der Waals surface area contributed by atoms with Crippen molar-refractivity contribution in [3.63, 3.8) is 0 Å². The Kier molecular flexibility index (Phi) is 6.45. The van der Waals surface area contributed by atoms with Crippen molar-refractivity contribution in [1.29, 1.82) is 0 Å². The highest BCUT2D eigenvalue weighted by molar-refractivity contribution is 5.75. The summed E-state index contributed by atoms with van der Waals surface area (Å²) in [6.07, 6.45) is 11.5. The summed E-state index contributed by atoms with van der Waals surface area (Å²) >= 11 is 0. The molecule has 0 fully saturated rings. The quantitative estimate of drug-likeness (QED) is 0.667. The Balaban J connectivity index is 1.74. The van der Waals surface area contributed by atoms with E-state index in [-0.39, 0.29) is 0 Å². The SMILES string of the molecule is CCCCCCCCCCc1nc2ccccc2nc1N. The lowest BCUT2D eigenvalue weighted by Crippen LogP contribution is -2.02. The van der Waals surface area contributed by atoms with Crippen molar-refractivity contribution in [2.75, 3.05) is 5.73 Å². The van der Waals surface area contributed by atoms with Gasteiger partial charge in [-0.05, 0) is 25.0 Å². The number of anilines is 1. The minimum atomic E-state index is 0.594. The van der Waals surface area contributed by atoms with Crippen LogP contribution in [0.1, 0.15) is 64.0 Å². The Bertz CT molecular complexity index is 551. The van der Waals surface area contributed by atoms with Gasteiger partial charge >= 0.3 is 0 Å². The normalized spacial score (nSPS) is 11.1. The Hall–Kier alpha value is -1.64. The minimum absolute atomic E-state index is 0.594. The molecule has 0 unspecified atom stereocenters. The van der Waals surface area contributed by atoms with Crippen LogP contribution in [0.4, 0.5) is 5.82 Å². The zero-order valence-corrected chi connectivity index (χ0v) is 13.1. The fourth-order valence-corrected chi connectivity index (χ4v) is 2.66. The Labute approximate surface area is 128 Å². The van der Waals surface area contributed by atoms with Crippen LogP contribution in [0, 0.1) is 0 Å². The summed E-state index contributed by atoms with van der Waals surface area (Å²) in [6.45, 7) is 2.26. The first-order chi connectivity index (χ1) is 10.3. The first-order valence-corrected chi connectivity index (χ1v) is 8.32. The smallest absolute Gasteiger partial charge is 0.145 e. The number of fused-ring (bicyclic) bond motifs is 1. The predicted octanol–water partition coefficient (Wildman–Crippen LogP) is 4.90. The first-order valence-electron chi connectivity index (χ1n) is 8.32. The van der Waals surface area contributed by atoms with Crippen molar-refractivity contribution in [1.82, 2.24) is 9.97 Å². The van der Waals surface area contributed by atoms with Crippen LogP contribution in [0.3, 0.4) is 0 Å². The molecule has 2 N–H and O–H groups in total. The fraction of sp³-hybridized carbons (Fsp3) is 0.556. The Morgan fingerprint density at radius 2 is 1.38 bits per heavy atom. The lowest BCUT2D eigenvalue weighted by atomic mass is 10.1. The van der Waals surface area contributed by atoms with Gasteiger partial charge in [0.05, 0.1) is 16.7 Å². The molecular weight excluding hydrogens is 258 g/mol. The van der Waals surface area contributed by atoms with Crippen molar-refractivity contribution < 1.29 is 0 Å². The molecule has 0 amide bonds. The molecule has 2 aromatic rings. The molecule has 0 aliphatic heterocycles. The van der Waals surface area contributed by atoms with Crippen LogP contribution in [0.2, 0.25) is 0 Å². The number of nitrogens with two attached hydrogens (primary N) is 1. The summed E-state index contributed by atoms with van der Waals surface area (Å²) in [6, 6.07) is 7.92. The molecule has 1 aromatic carbocycles. The lowest BCUT2D eigenvalue weighted by molar-refractivity contribution is 0.574. The van der Waals surface area contributed by atoms with Crippen molar-refractivity contribution in [3.05, 3.63) is 30.0 Å². The summed E-state index contributed by atoms with van der Waals surface area (Å²) in [5.74, 6) is 0.594. The van der Waals surface area contributed by atoms with Crippen LogP contribution in [-0.4, -0.2) is 9.97 Å². The number of para-hydroxylation sites is 2. The second kappa shape index (κ2) is 8.60. The molecule has 114 valence electrons. The van der Waals surface area contributed by atoms with E-state index in [1.807, 2.05) is 24.3 Å². The van der Waals surface area contributed by atoms with E-state index >= 15 is 0 Å². The van der Waals surface area contributed by atoms with E-state index in [4.69, 9.17) is 5.73 Å². The minimum Gasteiger partial charge on any atom is -0.382 e. The van der Waals surface area contributed by atoms with Gasteiger partial charge in [0.2, 0.25) is 0 Å². The highest BCUT2D eigenvalue weighted by Gasteiger charge is 2.05. The van der Waals surface area contributed by atoms with E-state index in [0.717, 1.165) is 29.6 Å². The number of nitrogens with zero attached hydrogens (tertiary/aromatic N) is 2. The maximum absolute atomic E-state index is 6.01. The highest BCUT2D eigenvalue weighted by atomic mass is 14.9. The highest BCUT2D eigenvalue weighted by Crippen LogP contribution is 2.17. The molecule has 1 aromatic heterocycles. The van der Waals surface area contributed by atoms with Gasteiger partial charge in [-0.3, -0.25) is 0 Å². The van der Waals surface area contributed by atoms with Crippen LogP contribution < -0.4 is 5.73 Å². The topological polar surface area (TPSA) is 51.8 Å². The van der Waals surface area contributed by atoms with Gasteiger partial charge in [-0.25, -0.2) is 9.97 Å². The second-order valence-electron chi connectivity index (χ2n) is 5.77. The maximum atomic E-state index is 6.01. The monoisotopic (exact) mass is 285 g/mol. The van der Waals surface area contributed by atoms with E-state index in [0.29, 0.717) is 5.82 Å². The third-order valence-electron chi connectivity index (χ3n) is 3.94. The first kappa shape index (κ1) is 15.7. The van der Waals surface area contributed by atoms with Crippen LogP contribution >= 0.6 is 0 Å². The third-order valence-corrected chi connectivity index (χ3v) is 3.94. The van der Waals surface area contributed by atoms with E-state index in [1.54, 1.807) is 0 Å². The molecule has 0 aliphatic carbocycles. The van der Waals surface area contributed by atoms with Crippen LogP contribution in [-0.2, 0) is 6.42 Å². The molecule has 21 heavy (non-hydrogen) atoms. The standard InChI is InChI=1S/C18H27N3/c1-2-3-4-5-6-7-8-9-14-17-18(19)21-16-13-11-10-12-15(16)20-17/h10-13H,2-9,14H2,1H3,(H2,19,21). The van der Waals surface area contributed by atoms with E-state index in [2.05, 4.69) is 16.9 Å². The summed E-state index contributed by atoms with van der Waals surface area (Å²) in [5, 5.41) is 0. The van der Waals surface area contributed by atoms with E-state index in [1.165, 1.54) is 44.9 Å². The molecule has 0 saturated heterocycles. The van der Waals surface area contributed by atoms with Gasteiger partial charge in [0.1, 0.15) is 5.82 Å². The lowest BCUT2D eigenvalue weighted by Gasteiger charge is -2.06. The largest absolute Gasteiger partial charge is 0.382 e. The molecule has 2 rings (SSSR count). The second-order valence-corrected chi connectivity index (χ2v) is 5.77. The van der Waals surface area contributed by atoms with Crippen LogP contribution in [0.25, 0.3) is 11.0 Å². The van der Waals surface area contributed by atoms with Gasteiger partial charge in [0.25, 0.3) is 0 Å². The molecule has 0 saturated carbocycles. The number of aromatic nitrogens is 2. The predicted molar refractivity (Wildman–Crippen MR) is 90.3 cm³/mol. The number of rotatable bonds is 9. The number of hydrogen-bond acceptors (Lipinski definition) is 3. The molecule has 0 radical (unpaired) electrons. The molecule has 0 spiro atoms. The number of hydrogen-bond donors (Lipinski definition) is 1. The zero-order valence-electron chi connectivity index (χ0n) is 13.1. The molecule has 0 bridgehead atoms. The molecule has 1 heterocycles. The molecule has 3 nitrogen and oxygen atoms in total. The van der Waals surface area contributed by atoms with Crippen molar-refractivity contribution >= 4 is 16.9 Å². The van der Waals surface area contributed by atoms with Gasteiger partial charge in [-0.1, -0.05) is 64.0 Å². The molecular formula is C18H27N3. The average molecular weight is 285 g/mol. The number of benzene rings is 1. The molecule has 0 aliphatic rings. The van der Waals surface area contributed by atoms with Crippen molar-refractivity contribution in [3.8, 4) is 0 Å².